The molecule has 1 rings (SSSR count). The van der Waals surface area contributed by atoms with Gasteiger partial charge in [0.2, 0.25) is 0 Å². The Labute approximate surface area is 76.3 Å². The minimum atomic E-state index is -3.13. The summed E-state index contributed by atoms with van der Waals surface area (Å²) in [5.41, 5.74) is 2.84. The van der Waals surface area contributed by atoms with Gasteiger partial charge in [-0.3, -0.25) is 4.79 Å². The lowest BCUT2D eigenvalue weighted by Crippen LogP contribution is -2.14. The molecule has 0 saturated heterocycles. The molecule has 0 spiro atoms. The van der Waals surface area contributed by atoms with E-state index in [0.717, 1.165) is 6.07 Å². The van der Waals surface area contributed by atoms with Crippen LogP contribution in [0.5, 0.6) is 0 Å². The number of carbonyl (C=O) groups excluding carboxylic acids is 1. The van der Waals surface area contributed by atoms with Crippen molar-refractivity contribution >= 4 is 5.91 Å². The SMILES string of the molecule is NC(=O)c1ccc(C(F)F)c(F)c1F. The molecular formula is C8H5F4NO. The van der Waals surface area contributed by atoms with E-state index in [9.17, 15) is 22.4 Å². The maximum atomic E-state index is 12.9. The van der Waals surface area contributed by atoms with E-state index in [0.29, 0.717) is 6.07 Å². The second kappa shape index (κ2) is 3.65. The predicted octanol–water partition coefficient (Wildman–Crippen LogP) is 2.00. The van der Waals surface area contributed by atoms with Crippen LogP contribution in [-0.4, -0.2) is 5.91 Å². The molecule has 76 valence electrons. The summed E-state index contributed by atoms with van der Waals surface area (Å²) in [5.74, 6) is -4.59. The molecule has 0 unspecified atom stereocenters. The van der Waals surface area contributed by atoms with Crippen LogP contribution in [0.3, 0.4) is 0 Å². The minimum absolute atomic E-state index is 0.628. The highest BCUT2D eigenvalue weighted by molar-refractivity contribution is 5.93. The van der Waals surface area contributed by atoms with Crippen LogP contribution in [0.15, 0.2) is 12.1 Å². The van der Waals surface area contributed by atoms with Gasteiger partial charge in [-0.15, -0.1) is 0 Å². The van der Waals surface area contributed by atoms with Gasteiger partial charge in [0.05, 0.1) is 11.1 Å². The topological polar surface area (TPSA) is 43.1 Å². The monoisotopic (exact) mass is 207 g/mol. The molecule has 0 aromatic heterocycles. The Kier molecular flexibility index (Phi) is 2.73. The predicted molar refractivity (Wildman–Crippen MR) is 39.8 cm³/mol. The lowest BCUT2D eigenvalue weighted by Gasteiger charge is -2.04. The number of hydrogen-bond acceptors (Lipinski definition) is 1. The van der Waals surface area contributed by atoms with Crippen molar-refractivity contribution in [1.82, 2.24) is 0 Å². The van der Waals surface area contributed by atoms with E-state index in [1.54, 1.807) is 0 Å². The van der Waals surface area contributed by atoms with Crippen LogP contribution in [0, 0.1) is 11.6 Å². The summed E-state index contributed by atoms with van der Waals surface area (Å²) < 4.78 is 49.7. The fourth-order valence-electron chi connectivity index (χ4n) is 0.923. The number of amides is 1. The third-order valence-corrected chi connectivity index (χ3v) is 1.61. The van der Waals surface area contributed by atoms with Crippen molar-refractivity contribution in [3.8, 4) is 0 Å². The molecule has 2 nitrogen and oxygen atoms in total. The molecule has 2 N–H and O–H groups in total. The molecule has 0 fully saturated rings. The number of hydrogen-bond donors (Lipinski definition) is 1. The van der Waals surface area contributed by atoms with Crippen molar-refractivity contribution in [3.05, 3.63) is 34.9 Å². The third kappa shape index (κ3) is 1.68. The highest BCUT2D eigenvalue weighted by Crippen LogP contribution is 2.25. The molecule has 6 heteroatoms. The Morgan fingerprint density at radius 3 is 2.21 bits per heavy atom. The average Bonchev–Trinajstić information content (AvgIpc) is 2.08. The van der Waals surface area contributed by atoms with Gasteiger partial charge in [-0.2, -0.15) is 0 Å². The standard InChI is InChI=1S/C8H5F4NO/c9-5-3(7(11)12)1-2-4(6(5)10)8(13)14/h1-2,7H,(H2,13,14). The van der Waals surface area contributed by atoms with Crippen LogP contribution in [0.4, 0.5) is 17.6 Å². The molecule has 0 aliphatic rings. The summed E-state index contributed by atoms with van der Waals surface area (Å²) >= 11 is 0. The first-order chi connectivity index (χ1) is 6.45. The first-order valence-electron chi connectivity index (χ1n) is 3.51. The Balaban J connectivity index is 3.33. The van der Waals surface area contributed by atoms with Crippen LogP contribution in [0.1, 0.15) is 22.3 Å². The highest BCUT2D eigenvalue weighted by atomic mass is 19.3. The van der Waals surface area contributed by atoms with E-state index in [1.807, 2.05) is 0 Å². The van der Waals surface area contributed by atoms with Gasteiger partial charge >= 0.3 is 0 Å². The zero-order chi connectivity index (χ0) is 10.9. The third-order valence-electron chi connectivity index (χ3n) is 1.61. The van der Waals surface area contributed by atoms with Gasteiger partial charge in [0.15, 0.2) is 11.6 Å². The van der Waals surface area contributed by atoms with Crippen LogP contribution < -0.4 is 5.73 Å². The van der Waals surface area contributed by atoms with Crippen molar-refractivity contribution in [2.75, 3.05) is 0 Å². The Bertz CT molecular complexity index is 378. The summed E-state index contributed by atoms with van der Waals surface area (Å²) in [7, 11) is 0. The Morgan fingerprint density at radius 2 is 1.79 bits per heavy atom. The maximum Gasteiger partial charge on any atom is 0.266 e. The van der Waals surface area contributed by atoms with Crippen LogP contribution in [0.2, 0.25) is 0 Å². The van der Waals surface area contributed by atoms with Crippen LogP contribution in [0.25, 0.3) is 0 Å². The smallest absolute Gasteiger partial charge is 0.266 e. The van der Waals surface area contributed by atoms with Gasteiger partial charge in [0, 0.05) is 0 Å². The van der Waals surface area contributed by atoms with Gasteiger partial charge in [-0.05, 0) is 12.1 Å². The van der Waals surface area contributed by atoms with Gasteiger partial charge in [0.25, 0.3) is 12.3 Å². The number of halogens is 4. The summed E-state index contributed by atoms with van der Waals surface area (Å²) in [6, 6.07) is 1.35. The first kappa shape index (κ1) is 10.5. The van der Waals surface area contributed by atoms with Crippen LogP contribution in [-0.2, 0) is 0 Å². The zero-order valence-corrected chi connectivity index (χ0v) is 6.73. The van der Waals surface area contributed by atoms with Gasteiger partial charge < -0.3 is 5.73 Å². The highest BCUT2D eigenvalue weighted by Gasteiger charge is 2.21. The maximum absolute atomic E-state index is 12.9. The molecule has 1 amide bonds. The molecule has 0 radical (unpaired) electrons. The first-order valence-corrected chi connectivity index (χ1v) is 3.51. The molecule has 1 aromatic carbocycles. The van der Waals surface area contributed by atoms with Gasteiger partial charge in [-0.25, -0.2) is 17.6 Å². The van der Waals surface area contributed by atoms with Gasteiger partial charge in [-0.1, -0.05) is 0 Å². The fourth-order valence-corrected chi connectivity index (χ4v) is 0.923. The number of carbonyl (C=O) groups is 1. The average molecular weight is 207 g/mol. The van der Waals surface area contributed by atoms with Crippen LogP contribution >= 0.6 is 0 Å². The Hall–Kier alpha value is -1.59. The van der Waals surface area contributed by atoms with Crippen molar-refractivity contribution in [1.29, 1.82) is 0 Å². The second-order valence-electron chi connectivity index (χ2n) is 2.50. The molecule has 0 bridgehead atoms. The molecular weight excluding hydrogens is 202 g/mol. The number of nitrogens with two attached hydrogens (primary N) is 1. The van der Waals surface area contributed by atoms with Crippen molar-refractivity contribution in [2.45, 2.75) is 6.43 Å². The number of primary amides is 1. The summed E-state index contributed by atoms with van der Waals surface area (Å²) in [6.07, 6.45) is -3.13. The normalized spacial score (nSPS) is 10.6. The largest absolute Gasteiger partial charge is 0.366 e. The molecule has 0 aliphatic carbocycles. The van der Waals surface area contributed by atoms with E-state index >= 15 is 0 Å². The van der Waals surface area contributed by atoms with E-state index < -0.39 is 35.1 Å². The molecule has 14 heavy (non-hydrogen) atoms. The fraction of sp³-hybridized carbons (Fsp3) is 0.125. The van der Waals surface area contributed by atoms with Crippen molar-refractivity contribution in [2.24, 2.45) is 5.73 Å². The lowest BCUT2D eigenvalue weighted by atomic mass is 10.1. The molecule has 0 aliphatic heterocycles. The second-order valence-corrected chi connectivity index (χ2v) is 2.50. The number of rotatable bonds is 2. The molecule has 0 heterocycles. The van der Waals surface area contributed by atoms with E-state index in [2.05, 4.69) is 5.73 Å². The molecule has 0 atom stereocenters. The van der Waals surface area contributed by atoms with Gasteiger partial charge in [0.1, 0.15) is 0 Å². The molecule has 1 aromatic rings. The number of benzene rings is 1. The summed E-state index contributed by atoms with van der Waals surface area (Å²) in [6.45, 7) is 0. The zero-order valence-electron chi connectivity index (χ0n) is 6.73. The summed E-state index contributed by atoms with van der Waals surface area (Å²) in [5, 5.41) is 0. The Morgan fingerprint density at radius 1 is 1.21 bits per heavy atom. The quantitative estimate of drug-likeness (QED) is 0.740. The van der Waals surface area contributed by atoms with E-state index in [1.165, 1.54) is 0 Å². The van der Waals surface area contributed by atoms with E-state index in [4.69, 9.17) is 0 Å². The van der Waals surface area contributed by atoms with Crippen molar-refractivity contribution in [3.63, 3.8) is 0 Å². The lowest BCUT2D eigenvalue weighted by molar-refractivity contribution is 0.0993. The minimum Gasteiger partial charge on any atom is -0.366 e. The number of alkyl halides is 2. The van der Waals surface area contributed by atoms with Crippen molar-refractivity contribution < 1.29 is 22.4 Å². The van der Waals surface area contributed by atoms with E-state index in [-0.39, 0.29) is 0 Å². The molecule has 0 saturated carbocycles. The summed E-state index contributed by atoms with van der Waals surface area (Å²) in [4.78, 5) is 10.5.